The van der Waals surface area contributed by atoms with Gasteiger partial charge in [0.2, 0.25) is 11.8 Å². The molecule has 0 aliphatic heterocycles. The van der Waals surface area contributed by atoms with Crippen LogP contribution >= 0.6 is 0 Å². The quantitative estimate of drug-likeness (QED) is 0.0184. The van der Waals surface area contributed by atoms with E-state index in [9.17, 15) is 0 Å². The van der Waals surface area contributed by atoms with Crippen LogP contribution in [0.2, 0.25) is 0 Å². The number of carbonyl (C=O) groups is 3. The lowest BCUT2D eigenvalue weighted by Crippen LogP contribution is -2.60. The van der Waals surface area contributed by atoms with Crippen molar-refractivity contribution < 1.29 is 61.9 Å². The summed E-state index contributed by atoms with van der Waals surface area (Å²) >= 11 is 0. The summed E-state index contributed by atoms with van der Waals surface area (Å²) in [6, 6.07) is 89.8. The van der Waals surface area contributed by atoms with E-state index in [0.717, 1.165) is 50.1 Å². The zero-order valence-corrected chi connectivity index (χ0v) is 69.9. The Hall–Kier alpha value is -9.57. The van der Waals surface area contributed by atoms with Crippen molar-refractivity contribution in [1.82, 2.24) is 16.0 Å². The minimum absolute atomic E-state index is 0.334. The second-order valence-corrected chi connectivity index (χ2v) is 31.5. The van der Waals surface area contributed by atoms with Gasteiger partial charge in [0, 0.05) is 107 Å². The predicted octanol–water partition coefficient (Wildman–Crippen LogP) is 20.1. The first kappa shape index (κ1) is 93.3. The van der Waals surface area contributed by atoms with Gasteiger partial charge in [-0.1, -0.05) is 273 Å². The highest BCUT2D eigenvalue weighted by molar-refractivity contribution is 5.88. The van der Waals surface area contributed by atoms with Crippen molar-refractivity contribution in [3.63, 3.8) is 0 Å². The van der Waals surface area contributed by atoms with Crippen molar-refractivity contribution in [1.29, 1.82) is 0 Å². The summed E-state index contributed by atoms with van der Waals surface area (Å²) in [5.41, 5.74) is 3.95. The van der Waals surface area contributed by atoms with Crippen molar-refractivity contribution in [2.45, 2.75) is 223 Å². The van der Waals surface area contributed by atoms with Crippen LogP contribution in [0.4, 0.5) is 0 Å². The van der Waals surface area contributed by atoms with Crippen LogP contribution in [0, 0.1) is 10.1 Å². The molecule has 0 heterocycles. The smallest absolute Gasteiger partial charge is 0.299 e. The Morgan fingerprint density at radius 2 is 0.387 bits per heavy atom. The average Bonchev–Trinajstić information content (AvgIpc) is 0.788. The molecule has 0 atom stereocenters. The first-order valence-corrected chi connectivity index (χ1v) is 43.1. The lowest BCUT2D eigenvalue weighted by molar-refractivity contribution is -0.554. The van der Waals surface area contributed by atoms with Gasteiger partial charge in [-0.3, -0.25) is 24.5 Å². The normalized spacial score (nSPS) is 11.8. The molecule has 0 unspecified atom stereocenters. The summed E-state index contributed by atoms with van der Waals surface area (Å²) < 4.78 is 56.9. The van der Waals surface area contributed by atoms with Crippen LogP contribution in [0.25, 0.3) is 0 Å². The van der Waals surface area contributed by atoms with Crippen LogP contribution in [0.15, 0.2) is 273 Å². The zero-order valence-electron chi connectivity index (χ0n) is 69.9. The van der Waals surface area contributed by atoms with Gasteiger partial charge in [-0.05, 0) is 166 Å². The van der Waals surface area contributed by atoms with Gasteiger partial charge in [0.15, 0.2) is 0 Å². The Labute approximate surface area is 707 Å². The molecule has 18 heteroatoms. The molecule has 0 fully saturated rings. The third kappa shape index (κ3) is 36.9. The third-order valence-corrected chi connectivity index (χ3v) is 22.0. The van der Waals surface area contributed by atoms with Crippen LogP contribution in [-0.4, -0.2) is 104 Å². The SMILES string of the molecule is O=C(CCC(CCC(=O)NC(CCCOCc1ccccc1)(CCCOCc1ccccc1)CCCOCc1ccccc1)(C(=O)NC(CCCOCc1ccccc1)(CCCOCc1ccccc1)CCCOCc1ccccc1)[N+](=O)[O-])NC(CCCOCc1ccccc1)(CCCOCc1ccccc1)CCCOCc1ccccc1. The minimum Gasteiger partial charge on any atom is -0.377 e. The number of hydrogen-bond donors (Lipinski definition) is 3. The fraction of sp³-hybridized carbons (Fsp3) is 0.436. The molecule has 0 spiro atoms. The molecular weight excluding hydrogens is 1490 g/mol. The molecule has 18 nitrogen and oxygen atoms in total. The van der Waals surface area contributed by atoms with Gasteiger partial charge in [-0.2, -0.15) is 0 Å². The van der Waals surface area contributed by atoms with Crippen LogP contribution in [0.3, 0.4) is 0 Å². The molecule has 0 saturated heterocycles. The van der Waals surface area contributed by atoms with Crippen LogP contribution in [-0.2, 0) is 116 Å². The monoisotopic (exact) mass is 1620 g/mol. The van der Waals surface area contributed by atoms with Gasteiger partial charge in [-0.15, -0.1) is 0 Å². The summed E-state index contributed by atoms with van der Waals surface area (Å²) in [5, 5.41) is 25.5. The lowest BCUT2D eigenvalue weighted by Gasteiger charge is -2.38. The molecule has 636 valence electrons. The number of benzene rings is 9. The Balaban J connectivity index is 1.05. The fourth-order valence-electron chi connectivity index (χ4n) is 15.5. The number of nitrogens with one attached hydrogen (secondary N) is 3. The Bertz CT molecular complexity index is 3610. The Morgan fingerprint density at radius 1 is 0.235 bits per heavy atom. The highest BCUT2D eigenvalue weighted by Crippen LogP contribution is 2.35. The number of nitro groups is 1. The number of carbonyl (C=O) groups excluding carboxylic acids is 3. The third-order valence-electron chi connectivity index (χ3n) is 22.0. The second-order valence-electron chi connectivity index (χ2n) is 31.5. The molecule has 3 amide bonds. The molecule has 119 heavy (non-hydrogen) atoms. The molecule has 9 aromatic rings. The number of nitrogens with zero attached hydrogens (tertiary/aromatic N) is 1. The van der Waals surface area contributed by atoms with E-state index in [2.05, 4.69) is 16.0 Å². The van der Waals surface area contributed by atoms with Crippen molar-refractivity contribution in [2.24, 2.45) is 0 Å². The van der Waals surface area contributed by atoms with Crippen molar-refractivity contribution in [3.8, 4) is 0 Å². The standard InChI is InChI=1S/C101H128N4O14/c106-95(102-98(57-28-68-111-77-86-37-10-1-11-38-86,58-29-69-112-78-87-39-12-2-13-40-87)59-30-70-113-79-88-41-14-3-15-42-88)55-66-101(105(109)110,97(108)104-100(63-34-74-117-83-92-49-22-7-23-50-92,64-35-75-118-84-93-51-24-8-25-52-93)65-36-76-119-85-94-53-26-9-27-54-94)67-56-96(107)103-99(60-31-71-114-80-89-43-16-4-17-44-89,61-32-72-115-81-90-45-18-5-19-46-90)62-33-73-116-82-91-47-20-6-21-48-91/h1-27,37-54H,28-36,55-85H2,(H,102,106)(H,103,107)(H,104,108). The van der Waals surface area contributed by atoms with E-state index in [1.165, 1.54) is 0 Å². The summed E-state index contributed by atoms with van der Waals surface area (Å²) in [7, 11) is 0. The van der Waals surface area contributed by atoms with E-state index < -0.39 is 70.5 Å². The first-order chi connectivity index (χ1) is 58.5. The summed E-state index contributed by atoms with van der Waals surface area (Å²) in [4.78, 5) is 62.4. The van der Waals surface area contributed by atoms with Crippen LogP contribution in [0.1, 0.15) is 191 Å². The summed E-state index contributed by atoms with van der Waals surface area (Å²) in [5.74, 6) is -1.79. The number of amides is 3. The van der Waals surface area contributed by atoms with Crippen LogP contribution < -0.4 is 16.0 Å². The van der Waals surface area contributed by atoms with Gasteiger partial charge in [0.25, 0.3) is 11.4 Å². The maximum Gasteiger partial charge on any atom is 0.299 e. The maximum absolute atomic E-state index is 16.6. The molecule has 0 aliphatic rings. The molecule has 0 aromatic heterocycles. The largest absolute Gasteiger partial charge is 0.377 e. The molecule has 0 bridgehead atoms. The van der Waals surface area contributed by atoms with Gasteiger partial charge >= 0.3 is 0 Å². The number of ether oxygens (including phenoxy) is 9. The van der Waals surface area contributed by atoms with Crippen molar-refractivity contribution in [3.05, 3.63) is 333 Å². The Morgan fingerprint density at radius 3 is 0.538 bits per heavy atom. The summed E-state index contributed by atoms with van der Waals surface area (Å²) in [6.07, 6.45) is 7.22. The number of rotatable bonds is 65. The second kappa shape index (κ2) is 55.3. The topological polar surface area (TPSA) is 214 Å². The maximum atomic E-state index is 16.6. The molecule has 0 saturated carbocycles. The van der Waals surface area contributed by atoms with E-state index in [-0.39, 0.29) is 0 Å². The van der Waals surface area contributed by atoms with Gasteiger partial charge < -0.3 is 58.6 Å². The van der Waals surface area contributed by atoms with Gasteiger partial charge in [0.1, 0.15) is 0 Å². The number of hydrogen-bond acceptors (Lipinski definition) is 14. The molecular formula is C101H128N4O14. The summed E-state index contributed by atoms with van der Waals surface area (Å²) in [6.45, 7) is 7.02. The molecule has 3 N–H and O–H groups in total. The van der Waals surface area contributed by atoms with E-state index in [1.807, 2.05) is 273 Å². The fourth-order valence-corrected chi connectivity index (χ4v) is 15.5. The molecule has 0 aliphatic carbocycles. The highest BCUT2D eigenvalue weighted by Gasteiger charge is 2.53. The predicted molar refractivity (Wildman–Crippen MR) is 469 cm³/mol. The molecule has 9 aromatic carbocycles. The zero-order chi connectivity index (χ0) is 83.1. The van der Waals surface area contributed by atoms with E-state index in [4.69, 9.17) is 42.6 Å². The molecule has 0 radical (unpaired) electrons. The van der Waals surface area contributed by atoms with Crippen molar-refractivity contribution in [2.75, 3.05) is 59.5 Å². The Kier molecular flexibility index (Phi) is 43.4. The van der Waals surface area contributed by atoms with Crippen LogP contribution in [0.5, 0.6) is 0 Å². The van der Waals surface area contributed by atoms with E-state index >= 15 is 24.5 Å². The minimum atomic E-state index is -2.52. The van der Waals surface area contributed by atoms with Gasteiger partial charge in [-0.25, -0.2) is 0 Å². The van der Waals surface area contributed by atoms with E-state index in [1.54, 1.807) is 0 Å². The average molecular weight is 1620 g/mol. The molecule has 9 rings (SSSR count). The van der Waals surface area contributed by atoms with Crippen molar-refractivity contribution >= 4 is 17.7 Å². The lowest BCUT2D eigenvalue weighted by atomic mass is 9.80. The van der Waals surface area contributed by atoms with Gasteiger partial charge in [0.05, 0.1) is 59.5 Å². The first-order valence-electron chi connectivity index (χ1n) is 43.1. The highest BCUT2D eigenvalue weighted by atomic mass is 16.6. The van der Waals surface area contributed by atoms with E-state index in [0.29, 0.717) is 234 Å².